The maximum absolute atomic E-state index is 5.77. The lowest BCUT2D eigenvalue weighted by atomic mass is 10.2. The van der Waals surface area contributed by atoms with Gasteiger partial charge in [0.15, 0.2) is 0 Å². The van der Waals surface area contributed by atoms with E-state index in [1.807, 2.05) is 12.1 Å². The van der Waals surface area contributed by atoms with Crippen LogP contribution < -0.4 is 0 Å². The second-order valence-electron chi connectivity index (χ2n) is 3.88. The summed E-state index contributed by atoms with van der Waals surface area (Å²) in [6.45, 7) is 0. The van der Waals surface area contributed by atoms with E-state index < -0.39 is 0 Å². The second-order valence-corrected chi connectivity index (χ2v) is 4.15. The van der Waals surface area contributed by atoms with Crippen LogP contribution in [0.1, 0.15) is 30.1 Å². The van der Waals surface area contributed by atoms with Crippen LogP contribution >= 0.6 is 11.6 Å². The highest BCUT2D eigenvalue weighted by molar-refractivity contribution is 6.17. The van der Waals surface area contributed by atoms with Crippen LogP contribution in [0.3, 0.4) is 0 Å². The van der Waals surface area contributed by atoms with Gasteiger partial charge in [-0.3, -0.25) is 0 Å². The van der Waals surface area contributed by atoms with Gasteiger partial charge in [0, 0.05) is 11.8 Å². The molecule has 1 aliphatic rings. The van der Waals surface area contributed by atoms with Crippen molar-refractivity contribution in [2.75, 3.05) is 0 Å². The Kier molecular flexibility index (Phi) is 1.77. The Morgan fingerprint density at radius 1 is 1.43 bits per heavy atom. The van der Waals surface area contributed by atoms with E-state index in [1.165, 1.54) is 12.8 Å². The van der Waals surface area contributed by atoms with Gasteiger partial charge < -0.3 is 4.98 Å². The molecule has 0 bridgehead atoms. The topological polar surface area (TPSA) is 28.7 Å². The van der Waals surface area contributed by atoms with Crippen LogP contribution in [0.5, 0.6) is 0 Å². The zero-order chi connectivity index (χ0) is 9.54. The van der Waals surface area contributed by atoms with Crippen LogP contribution in [-0.4, -0.2) is 9.97 Å². The molecular weight excluding hydrogens is 196 g/mol. The molecule has 1 saturated carbocycles. The number of fused-ring (bicyclic) bond motifs is 1. The molecule has 1 fully saturated rings. The van der Waals surface area contributed by atoms with E-state index in [2.05, 4.69) is 16.0 Å². The van der Waals surface area contributed by atoms with Gasteiger partial charge in [0.1, 0.15) is 5.82 Å². The van der Waals surface area contributed by atoms with Crippen molar-refractivity contribution in [3.05, 3.63) is 29.6 Å². The number of hydrogen-bond donors (Lipinski definition) is 1. The molecule has 1 N–H and O–H groups in total. The fourth-order valence-corrected chi connectivity index (χ4v) is 1.88. The first kappa shape index (κ1) is 8.30. The van der Waals surface area contributed by atoms with Crippen molar-refractivity contribution in [2.24, 2.45) is 0 Å². The summed E-state index contributed by atoms with van der Waals surface area (Å²) in [6, 6.07) is 6.16. The molecule has 1 aromatic carbocycles. The van der Waals surface area contributed by atoms with Gasteiger partial charge in [-0.25, -0.2) is 4.98 Å². The quantitative estimate of drug-likeness (QED) is 0.752. The molecule has 0 spiro atoms. The smallest absolute Gasteiger partial charge is 0.110 e. The highest BCUT2D eigenvalue weighted by atomic mass is 35.5. The fourth-order valence-electron chi connectivity index (χ4n) is 1.71. The molecule has 1 heterocycles. The first-order valence-corrected chi connectivity index (χ1v) is 5.45. The molecule has 2 nitrogen and oxygen atoms in total. The summed E-state index contributed by atoms with van der Waals surface area (Å²) in [5.41, 5.74) is 3.32. The number of hydrogen-bond acceptors (Lipinski definition) is 1. The van der Waals surface area contributed by atoms with Crippen LogP contribution in [0.25, 0.3) is 11.0 Å². The Balaban J connectivity index is 2.12. The molecule has 1 aliphatic carbocycles. The number of H-pyrrole nitrogens is 1. The van der Waals surface area contributed by atoms with Crippen LogP contribution in [-0.2, 0) is 5.88 Å². The van der Waals surface area contributed by atoms with Gasteiger partial charge in [-0.2, -0.15) is 0 Å². The molecule has 14 heavy (non-hydrogen) atoms. The molecule has 0 atom stereocenters. The minimum absolute atomic E-state index is 0.563. The normalized spacial score (nSPS) is 16.4. The predicted octanol–water partition coefficient (Wildman–Crippen LogP) is 3.18. The third kappa shape index (κ3) is 1.30. The van der Waals surface area contributed by atoms with Gasteiger partial charge in [0.2, 0.25) is 0 Å². The molecule has 1 aromatic heterocycles. The minimum atomic E-state index is 0.563. The van der Waals surface area contributed by atoms with E-state index in [4.69, 9.17) is 11.6 Å². The summed E-state index contributed by atoms with van der Waals surface area (Å²) >= 11 is 5.77. The van der Waals surface area contributed by atoms with E-state index in [0.29, 0.717) is 11.8 Å². The summed E-state index contributed by atoms with van der Waals surface area (Å²) in [5, 5.41) is 0. The van der Waals surface area contributed by atoms with Crippen molar-refractivity contribution >= 4 is 22.6 Å². The number of rotatable bonds is 2. The zero-order valence-corrected chi connectivity index (χ0v) is 8.51. The molecule has 0 amide bonds. The highest BCUT2D eigenvalue weighted by Gasteiger charge is 2.26. The van der Waals surface area contributed by atoms with Gasteiger partial charge in [0.25, 0.3) is 0 Å². The van der Waals surface area contributed by atoms with E-state index >= 15 is 0 Å². The Labute approximate surface area is 87.3 Å². The summed E-state index contributed by atoms with van der Waals surface area (Å²) in [7, 11) is 0. The van der Waals surface area contributed by atoms with Crippen molar-refractivity contribution in [3.63, 3.8) is 0 Å². The molecular formula is C11H11ClN2. The minimum Gasteiger partial charge on any atom is -0.342 e. The Hall–Kier alpha value is -1.02. The molecule has 3 heteroatoms. The highest BCUT2D eigenvalue weighted by Crippen LogP contribution is 2.39. The van der Waals surface area contributed by atoms with Crippen molar-refractivity contribution < 1.29 is 0 Å². The fraction of sp³-hybridized carbons (Fsp3) is 0.364. The summed E-state index contributed by atoms with van der Waals surface area (Å²) in [6.07, 6.45) is 2.56. The van der Waals surface area contributed by atoms with Crippen LogP contribution in [0.15, 0.2) is 18.2 Å². The SMILES string of the molecule is ClCc1ccc2nc(C3CC3)[nH]c2c1. The maximum Gasteiger partial charge on any atom is 0.110 e. The number of nitrogens with one attached hydrogen (secondary N) is 1. The van der Waals surface area contributed by atoms with E-state index in [9.17, 15) is 0 Å². The second kappa shape index (κ2) is 2.99. The number of halogens is 1. The first-order chi connectivity index (χ1) is 6.86. The van der Waals surface area contributed by atoms with E-state index in [-0.39, 0.29) is 0 Å². The molecule has 0 aliphatic heterocycles. The van der Waals surface area contributed by atoms with Crippen molar-refractivity contribution in [3.8, 4) is 0 Å². The van der Waals surface area contributed by atoms with Gasteiger partial charge in [-0.1, -0.05) is 6.07 Å². The van der Waals surface area contributed by atoms with Crippen LogP contribution in [0, 0.1) is 0 Å². The lowest BCUT2D eigenvalue weighted by molar-refractivity contribution is 0.986. The van der Waals surface area contributed by atoms with Gasteiger partial charge in [0.05, 0.1) is 11.0 Å². The zero-order valence-electron chi connectivity index (χ0n) is 7.76. The number of imidazole rings is 1. The summed E-state index contributed by atoms with van der Waals surface area (Å²) < 4.78 is 0. The Bertz CT molecular complexity index is 471. The number of alkyl halides is 1. The van der Waals surface area contributed by atoms with Crippen molar-refractivity contribution in [1.82, 2.24) is 9.97 Å². The monoisotopic (exact) mass is 206 g/mol. The van der Waals surface area contributed by atoms with Crippen molar-refractivity contribution in [1.29, 1.82) is 0 Å². The largest absolute Gasteiger partial charge is 0.342 e. The lowest BCUT2D eigenvalue weighted by Gasteiger charge is -1.92. The van der Waals surface area contributed by atoms with Gasteiger partial charge in [-0.15, -0.1) is 11.6 Å². The average molecular weight is 207 g/mol. The van der Waals surface area contributed by atoms with E-state index in [1.54, 1.807) is 0 Å². The molecule has 0 saturated heterocycles. The van der Waals surface area contributed by atoms with E-state index in [0.717, 1.165) is 22.4 Å². The molecule has 2 aromatic rings. The van der Waals surface area contributed by atoms with Gasteiger partial charge in [-0.05, 0) is 30.5 Å². The molecule has 0 radical (unpaired) electrons. The maximum atomic E-state index is 5.77. The van der Waals surface area contributed by atoms with Crippen LogP contribution in [0.4, 0.5) is 0 Å². The molecule has 3 rings (SSSR count). The third-order valence-electron chi connectivity index (χ3n) is 2.68. The third-order valence-corrected chi connectivity index (χ3v) is 2.99. The number of aromatic nitrogens is 2. The lowest BCUT2D eigenvalue weighted by Crippen LogP contribution is -1.79. The van der Waals surface area contributed by atoms with Gasteiger partial charge >= 0.3 is 0 Å². The first-order valence-electron chi connectivity index (χ1n) is 4.91. The van der Waals surface area contributed by atoms with Crippen LogP contribution in [0.2, 0.25) is 0 Å². The van der Waals surface area contributed by atoms with Crippen molar-refractivity contribution in [2.45, 2.75) is 24.6 Å². The molecule has 72 valence electrons. The average Bonchev–Trinajstić information content (AvgIpc) is 2.97. The Morgan fingerprint density at radius 3 is 3.00 bits per heavy atom. The molecule has 0 unspecified atom stereocenters. The standard InChI is InChI=1S/C11H11ClN2/c12-6-7-1-4-9-10(5-7)14-11(13-9)8-2-3-8/h1,4-5,8H,2-3,6H2,(H,13,14). The number of nitrogens with zero attached hydrogens (tertiary/aromatic N) is 1. The summed E-state index contributed by atoms with van der Waals surface area (Å²) in [4.78, 5) is 7.91. The predicted molar refractivity (Wildman–Crippen MR) is 57.6 cm³/mol. The number of benzene rings is 1. The summed E-state index contributed by atoms with van der Waals surface area (Å²) in [5.74, 6) is 2.39. The Morgan fingerprint density at radius 2 is 2.29 bits per heavy atom. The number of aromatic amines is 1.